The van der Waals surface area contributed by atoms with Crippen molar-refractivity contribution < 1.29 is 0 Å². The lowest BCUT2D eigenvalue weighted by Gasteiger charge is -2.15. The standard InChI is InChI=1S/C12H26N2/c1-11(2)6-4-5-8-14-9-7-12(10-14)13-3/h11-13H,4-10H2,1-3H3. The maximum Gasteiger partial charge on any atom is 0.0204 e. The molecule has 0 aromatic carbocycles. The lowest BCUT2D eigenvalue weighted by molar-refractivity contribution is 0.317. The van der Waals surface area contributed by atoms with Gasteiger partial charge in [-0.2, -0.15) is 0 Å². The molecule has 1 rings (SSSR count). The van der Waals surface area contributed by atoms with E-state index in [2.05, 4.69) is 31.1 Å². The van der Waals surface area contributed by atoms with Crippen LogP contribution >= 0.6 is 0 Å². The third kappa shape index (κ3) is 4.43. The number of unbranched alkanes of at least 4 members (excludes halogenated alkanes) is 1. The Kier molecular flexibility index (Phi) is 5.49. The van der Waals surface area contributed by atoms with E-state index in [1.54, 1.807) is 0 Å². The van der Waals surface area contributed by atoms with Gasteiger partial charge in [0.2, 0.25) is 0 Å². The average Bonchev–Trinajstić information content (AvgIpc) is 2.60. The second-order valence-electron chi connectivity index (χ2n) is 4.96. The smallest absolute Gasteiger partial charge is 0.0204 e. The first-order valence-electron chi connectivity index (χ1n) is 6.12. The predicted octanol–water partition coefficient (Wildman–Crippen LogP) is 2.11. The minimum absolute atomic E-state index is 0.750. The second-order valence-corrected chi connectivity index (χ2v) is 4.96. The van der Waals surface area contributed by atoms with Crippen LogP contribution in [0.3, 0.4) is 0 Å². The summed E-state index contributed by atoms with van der Waals surface area (Å²) in [6.07, 6.45) is 5.51. The van der Waals surface area contributed by atoms with Gasteiger partial charge in [-0.3, -0.25) is 0 Å². The van der Waals surface area contributed by atoms with E-state index in [4.69, 9.17) is 0 Å². The molecular formula is C12H26N2. The maximum absolute atomic E-state index is 3.36. The van der Waals surface area contributed by atoms with Gasteiger partial charge in [0.25, 0.3) is 0 Å². The lowest BCUT2D eigenvalue weighted by atomic mass is 10.1. The Morgan fingerprint density at radius 1 is 1.36 bits per heavy atom. The van der Waals surface area contributed by atoms with E-state index in [1.807, 2.05) is 0 Å². The van der Waals surface area contributed by atoms with E-state index >= 15 is 0 Å². The van der Waals surface area contributed by atoms with Crippen molar-refractivity contribution in [3.8, 4) is 0 Å². The monoisotopic (exact) mass is 198 g/mol. The first-order valence-corrected chi connectivity index (χ1v) is 6.12. The Morgan fingerprint density at radius 2 is 2.14 bits per heavy atom. The highest BCUT2D eigenvalue weighted by Gasteiger charge is 2.19. The van der Waals surface area contributed by atoms with E-state index in [1.165, 1.54) is 45.3 Å². The van der Waals surface area contributed by atoms with Crippen molar-refractivity contribution in [2.24, 2.45) is 5.92 Å². The fourth-order valence-corrected chi connectivity index (χ4v) is 2.16. The molecule has 14 heavy (non-hydrogen) atoms. The van der Waals surface area contributed by atoms with Crippen LogP contribution in [0.2, 0.25) is 0 Å². The third-order valence-corrected chi connectivity index (χ3v) is 3.19. The van der Waals surface area contributed by atoms with Gasteiger partial charge in [-0.1, -0.05) is 26.7 Å². The van der Waals surface area contributed by atoms with Crippen molar-refractivity contribution in [2.75, 3.05) is 26.7 Å². The fourth-order valence-electron chi connectivity index (χ4n) is 2.16. The van der Waals surface area contributed by atoms with Gasteiger partial charge < -0.3 is 10.2 Å². The molecule has 1 N–H and O–H groups in total. The van der Waals surface area contributed by atoms with Crippen LogP contribution in [-0.4, -0.2) is 37.6 Å². The molecule has 0 saturated carbocycles. The van der Waals surface area contributed by atoms with Crippen LogP contribution in [-0.2, 0) is 0 Å². The number of nitrogens with one attached hydrogen (secondary N) is 1. The molecule has 84 valence electrons. The van der Waals surface area contributed by atoms with Crippen LogP contribution in [0.4, 0.5) is 0 Å². The summed E-state index contributed by atoms with van der Waals surface area (Å²) in [7, 11) is 2.08. The molecule has 2 heteroatoms. The second kappa shape index (κ2) is 6.41. The molecule has 0 spiro atoms. The van der Waals surface area contributed by atoms with Crippen molar-refractivity contribution in [3.63, 3.8) is 0 Å². The molecule has 0 bridgehead atoms. The number of nitrogens with zero attached hydrogens (tertiary/aromatic N) is 1. The van der Waals surface area contributed by atoms with E-state index < -0.39 is 0 Å². The van der Waals surface area contributed by atoms with Gasteiger partial charge in [0.05, 0.1) is 0 Å². The van der Waals surface area contributed by atoms with E-state index in [-0.39, 0.29) is 0 Å². The van der Waals surface area contributed by atoms with Gasteiger partial charge in [0.1, 0.15) is 0 Å². The largest absolute Gasteiger partial charge is 0.316 e. The Hall–Kier alpha value is -0.0800. The highest BCUT2D eigenvalue weighted by Crippen LogP contribution is 2.11. The Bertz CT molecular complexity index is 145. The molecule has 0 aromatic rings. The number of likely N-dealkylation sites (N-methyl/N-ethyl adjacent to an activating group) is 1. The zero-order valence-corrected chi connectivity index (χ0v) is 10.1. The predicted molar refractivity (Wildman–Crippen MR) is 62.6 cm³/mol. The van der Waals surface area contributed by atoms with Crippen molar-refractivity contribution in [2.45, 2.75) is 45.6 Å². The Labute approximate surface area is 89.1 Å². The lowest BCUT2D eigenvalue weighted by Crippen LogP contribution is -2.30. The SMILES string of the molecule is CNC1CCN(CCCCC(C)C)C1. The minimum Gasteiger partial charge on any atom is -0.316 e. The summed E-state index contributed by atoms with van der Waals surface area (Å²) >= 11 is 0. The maximum atomic E-state index is 3.36. The van der Waals surface area contributed by atoms with E-state index in [9.17, 15) is 0 Å². The number of likely N-dealkylation sites (tertiary alicyclic amines) is 1. The zero-order chi connectivity index (χ0) is 10.4. The molecule has 1 unspecified atom stereocenters. The highest BCUT2D eigenvalue weighted by molar-refractivity contribution is 4.79. The minimum atomic E-state index is 0.750. The molecule has 0 aromatic heterocycles. The van der Waals surface area contributed by atoms with Crippen LogP contribution in [0.5, 0.6) is 0 Å². The molecular weight excluding hydrogens is 172 g/mol. The molecule has 1 saturated heterocycles. The normalized spacial score (nSPS) is 23.6. The van der Waals surface area contributed by atoms with Crippen molar-refractivity contribution in [1.82, 2.24) is 10.2 Å². The first-order chi connectivity index (χ1) is 6.72. The summed E-state index contributed by atoms with van der Waals surface area (Å²) in [5.41, 5.74) is 0. The molecule has 0 aliphatic carbocycles. The topological polar surface area (TPSA) is 15.3 Å². The van der Waals surface area contributed by atoms with Crippen LogP contribution in [0.25, 0.3) is 0 Å². The van der Waals surface area contributed by atoms with E-state index in [0.29, 0.717) is 0 Å². The third-order valence-electron chi connectivity index (χ3n) is 3.19. The molecule has 1 fully saturated rings. The highest BCUT2D eigenvalue weighted by atomic mass is 15.2. The van der Waals surface area contributed by atoms with Gasteiger partial charge in [0.15, 0.2) is 0 Å². The summed E-state index contributed by atoms with van der Waals surface area (Å²) in [6, 6.07) is 0.750. The Balaban J connectivity index is 1.97. The summed E-state index contributed by atoms with van der Waals surface area (Å²) in [5.74, 6) is 0.874. The number of hydrogen-bond donors (Lipinski definition) is 1. The molecule has 1 heterocycles. The molecule has 1 aliphatic rings. The average molecular weight is 198 g/mol. The molecule has 2 nitrogen and oxygen atoms in total. The van der Waals surface area contributed by atoms with Gasteiger partial charge >= 0.3 is 0 Å². The van der Waals surface area contributed by atoms with Crippen molar-refractivity contribution in [3.05, 3.63) is 0 Å². The van der Waals surface area contributed by atoms with Crippen molar-refractivity contribution in [1.29, 1.82) is 0 Å². The Morgan fingerprint density at radius 3 is 2.71 bits per heavy atom. The van der Waals surface area contributed by atoms with Crippen LogP contribution in [0.15, 0.2) is 0 Å². The van der Waals surface area contributed by atoms with Crippen LogP contribution in [0, 0.1) is 5.92 Å². The van der Waals surface area contributed by atoms with Crippen LogP contribution < -0.4 is 5.32 Å². The van der Waals surface area contributed by atoms with Gasteiger partial charge in [-0.25, -0.2) is 0 Å². The molecule has 1 atom stereocenters. The number of hydrogen-bond acceptors (Lipinski definition) is 2. The quantitative estimate of drug-likeness (QED) is 0.658. The van der Waals surface area contributed by atoms with Crippen molar-refractivity contribution >= 4 is 0 Å². The van der Waals surface area contributed by atoms with Crippen LogP contribution in [0.1, 0.15) is 39.5 Å². The van der Waals surface area contributed by atoms with Gasteiger partial charge in [-0.15, -0.1) is 0 Å². The number of rotatable bonds is 6. The van der Waals surface area contributed by atoms with E-state index in [0.717, 1.165) is 12.0 Å². The zero-order valence-electron chi connectivity index (χ0n) is 10.1. The van der Waals surface area contributed by atoms with Gasteiger partial charge in [0, 0.05) is 12.6 Å². The summed E-state index contributed by atoms with van der Waals surface area (Å²) in [6.45, 7) is 8.50. The van der Waals surface area contributed by atoms with Gasteiger partial charge in [-0.05, 0) is 38.9 Å². The summed E-state index contributed by atoms with van der Waals surface area (Å²) in [5, 5.41) is 3.36. The first kappa shape index (κ1) is 12.0. The summed E-state index contributed by atoms with van der Waals surface area (Å²) < 4.78 is 0. The fraction of sp³-hybridized carbons (Fsp3) is 1.00. The molecule has 0 amide bonds. The summed E-state index contributed by atoms with van der Waals surface area (Å²) in [4.78, 5) is 2.60. The molecule has 1 aliphatic heterocycles. The molecule has 0 radical (unpaired) electrons.